The molecule has 1 aliphatic rings. The van der Waals surface area contributed by atoms with Crippen LogP contribution >= 0.6 is 0 Å². The Kier molecular flexibility index (Phi) is 4.29. The molecule has 0 atom stereocenters. The molecule has 1 heterocycles. The summed E-state index contributed by atoms with van der Waals surface area (Å²) in [6.45, 7) is 4.30. The van der Waals surface area contributed by atoms with Crippen LogP contribution in [0.25, 0.3) is 0 Å². The van der Waals surface area contributed by atoms with E-state index < -0.39 is 5.09 Å². The number of rotatable bonds is 4. The van der Waals surface area contributed by atoms with E-state index in [1.165, 1.54) is 0 Å². The van der Waals surface area contributed by atoms with Gasteiger partial charge in [-0.05, 0) is 0 Å². The molecule has 86 valence electrons. The highest BCUT2D eigenvalue weighted by Gasteiger charge is 2.20. The molecule has 0 aromatic carbocycles. The summed E-state index contributed by atoms with van der Waals surface area (Å²) in [5.74, 6) is 0.129. The van der Waals surface area contributed by atoms with Gasteiger partial charge < -0.3 is 4.90 Å². The van der Waals surface area contributed by atoms with E-state index in [9.17, 15) is 14.9 Å². The molecule has 0 aliphatic carbocycles. The lowest BCUT2D eigenvalue weighted by atomic mass is 10.3. The highest BCUT2D eigenvalue weighted by Crippen LogP contribution is 2.03. The lowest BCUT2D eigenvalue weighted by molar-refractivity contribution is -0.762. The third kappa shape index (κ3) is 3.70. The largest absolute Gasteiger partial charge is 0.340 e. The Balaban J connectivity index is 2.23. The lowest BCUT2D eigenvalue weighted by Crippen LogP contribution is -2.49. The summed E-state index contributed by atoms with van der Waals surface area (Å²) in [6, 6.07) is 0. The molecule has 0 aromatic heterocycles. The van der Waals surface area contributed by atoms with E-state index in [-0.39, 0.29) is 12.6 Å². The lowest BCUT2D eigenvalue weighted by Gasteiger charge is -2.33. The quantitative estimate of drug-likeness (QED) is 0.477. The minimum atomic E-state index is -0.802. The highest BCUT2D eigenvalue weighted by molar-refractivity contribution is 5.75. The van der Waals surface area contributed by atoms with Crippen LogP contribution in [0.5, 0.6) is 0 Å². The average molecular weight is 217 g/mol. The van der Waals surface area contributed by atoms with Crippen LogP contribution in [0.1, 0.15) is 13.3 Å². The maximum absolute atomic E-state index is 11.3. The van der Waals surface area contributed by atoms with Crippen molar-refractivity contribution in [2.24, 2.45) is 0 Å². The van der Waals surface area contributed by atoms with Gasteiger partial charge in [-0.2, -0.15) is 0 Å². The second-order valence-corrected chi connectivity index (χ2v) is 3.33. The predicted octanol–water partition coefficient (Wildman–Crippen LogP) is -0.294. The third-order valence-corrected chi connectivity index (χ3v) is 2.37. The standard InChI is InChI=1S/C8H15N3O4/c1-2-8(12)10-5-3-9(4-6-10)7-15-11(13)14/h2-7H2,1H3. The zero-order valence-electron chi connectivity index (χ0n) is 8.72. The Morgan fingerprint density at radius 2 is 2.00 bits per heavy atom. The zero-order valence-corrected chi connectivity index (χ0v) is 8.72. The molecule has 1 saturated heterocycles. The Morgan fingerprint density at radius 3 is 2.47 bits per heavy atom. The van der Waals surface area contributed by atoms with E-state index in [2.05, 4.69) is 4.84 Å². The van der Waals surface area contributed by atoms with E-state index >= 15 is 0 Å². The summed E-state index contributed by atoms with van der Waals surface area (Å²) in [5, 5.41) is 9.15. The minimum absolute atomic E-state index is 0.0127. The monoisotopic (exact) mass is 217 g/mol. The number of hydrogen-bond acceptors (Lipinski definition) is 5. The first kappa shape index (κ1) is 11.7. The van der Waals surface area contributed by atoms with E-state index in [0.29, 0.717) is 32.6 Å². The van der Waals surface area contributed by atoms with Crippen LogP contribution in [0.3, 0.4) is 0 Å². The van der Waals surface area contributed by atoms with Crippen molar-refractivity contribution in [3.05, 3.63) is 10.1 Å². The molecule has 1 amide bonds. The molecular weight excluding hydrogens is 202 g/mol. The molecule has 0 aromatic rings. The van der Waals surface area contributed by atoms with Gasteiger partial charge in [0.15, 0.2) is 0 Å². The number of nitrogens with zero attached hydrogens (tertiary/aromatic N) is 3. The number of piperazine rings is 1. The molecule has 0 radical (unpaired) electrons. The summed E-state index contributed by atoms with van der Waals surface area (Å²) >= 11 is 0. The normalized spacial score (nSPS) is 17.5. The molecule has 0 bridgehead atoms. The summed E-state index contributed by atoms with van der Waals surface area (Å²) in [6.07, 6.45) is 0.505. The average Bonchev–Trinajstić information content (AvgIpc) is 2.26. The molecule has 0 spiro atoms. The van der Waals surface area contributed by atoms with Crippen LogP contribution in [-0.2, 0) is 9.63 Å². The first-order chi connectivity index (χ1) is 7.13. The van der Waals surface area contributed by atoms with Gasteiger partial charge >= 0.3 is 0 Å². The maximum atomic E-state index is 11.3. The van der Waals surface area contributed by atoms with Gasteiger partial charge in [-0.15, -0.1) is 10.1 Å². The number of carbonyl (C=O) groups is 1. The van der Waals surface area contributed by atoms with E-state index in [1.54, 1.807) is 4.90 Å². The van der Waals surface area contributed by atoms with Crippen LogP contribution in [0.4, 0.5) is 0 Å². The summed E-state index contributed by atoms with van der Waals surface area (Å²) in [5.41, 5.74) is 0. The van der Waals surface area contributed by atoms with Crippen LogP contribution in [0.2, 0.25) is 0 Å². The molecule has 7 heteroatoms. The number of carbonyl (C=O) groups excluding carboxylic acids is 1. The smallest absolute Gasteiger partial charge is 0.295 e. The van der Waals surface area contributed by atoms with Gasteiger partial charge in [-0.25, -0.2) is 0 Å². The summed E-state index contributed by atoms with van der Waals surface area (Å²) in [4.78, 5) is 29.1. The van der Waals surface area contributed by atoms with Crippen LogP contribution in [0, 0.1) is 10.1 Å². The van der Waals surface area contributed by atoms with Crippen molar-refractivity contribution in [1.29, 1.82) is 0 Å². The molecule has 15 heavy (non-hydrogen) atoms. The fraction of sp³-hybridized carbons (Fsp3) is 0.875. The Bertz CT molecular complexity index is 238. The fourth-order valence-electron chi connectivity index (χ4n) is 1.48. The SMILES string of the molecule is CCC(=O)N1CCN(CO[N+](=O)[O-])CC1. The van der Waals surface area contributed by atoms with Gasteiger partial charge in [0.2, 0.25) is 5.91 Å². The van der Waals surface area contributed by atoms with Crippen LogP contribution in [0.15, 0.2) is 0 Å². The number of hydrogen-bond donors (Lipinski definition) is 0. The Labute approximate surface area is 87.7 Å². The molecule has 0 unspecified atom stereocenters. The van der Waals surface area contributed by atoms with Gasteiger partial charge in [0.1, 0.15) is 6.73 Å². The van der Waals surface area contributed by atoms with Gasteiger partial charge in [0.25, 0.3) is 5.09 Å². The van der Waals surface area contributed by atoms with Gasteiger partial charge in [-0.1, -0.05) is 6.92 Å². The number of amides is 1. The fourth-order valence-corrected chi connectivity index (χ4v) is 1.48. The maximum Gasteiger partial charge on any atom is 0.295 e. The molecular formula is C8H15N3O4. The molecule has 1 aliphatic heterocycles. The van der Waals surface area contributed by atoms with Crippen molar-refractivity contribution in [3.63, 3.8) is 0 Å². The van der Waals surface area contributed by atoms with Crippen molar-refractivity contribution in [2.75, 3.05) is 32.9 Å². The van der Waals surface area contributed by atoms with Crippen molar-refractivity contribution in [1.82, 2.24) is 9.80 Å². The van der Waals surface area contributed by atoms with E-state index in [0.717, 1.165) is 0 Å². The third-order valence-electron chi connectivity index (χ3n) is 2.37. The second-order valence-electron chi connectivity index (χ2n) is 3.33. The molecule has 1 fully saturated rings. The van der Waals surface area contributed by atoms with Gasteiger partial charge in [-0.3, -0.25) is 14.5 Å². The van der Waals surface area contributed by atoms with Gasteiger partial charge in [0.05, 0.1) is 0 Å². The Morgan fingerprint density at radius 1 is 1.40 bits per heavy atom. The molecule has 0 N–H and O–H groups in total. The highest BCUT2D eigenvalue weighted by atomic mass is 17.0. The van der Waals surface area contributed by atoms with Crippen molar-refractivity contribution in [2.45, 2.75) is 13.3 Å². The molecule has 1 rings (SSSR count). The first-order valence-corrected chi connectivity index (χ1v) is 4.91. The summed E-state index contributed by atoms with van der Waals surface area (Å²) < 4.78 is 0. The van der Waals surface area contributed by atoms with Crippen LogP contribution < -0.4 is 0 Å². The second kappa shape index (κ2) is 5.50. The molecule has 7 nitrogen and oxygen atoms in total. The van der Waals surface area contributed by atoms with Crippen molar-refractivity contribution < 1.29 is 14.7 Å². The molecule has 0 saturated carbocycles. The predicted molar refractivity (Wildman–Crippen MR) is 51.4 cm³/mol. The van der Waals surface area contributed by atoms with Crippen molar-refractivity contribution in [3.8, 4) is 0 Å². The van der Waals surface area contributed by atoms with Gasteiger partial charge in [0, 0.05) is 32.6 Å². The summed E-state index contributed by atoms with van der Waals surface area (Å²) in [7, 11) is 0. The first-order valence-electron chi connectivity index (χ1n) is 4.91. The van der Waals surface area contributed by atoms with Crippen LogP contribution in [-0.4, -0.2) is 53.7 Å². The van der Waals surface area contributed by atoms with E-state index in [1.807, 2.05) is 11.8 Å². The Hall–Kier alpha value is -1.37. The van der Waals surface area contributed by atoms with Crippen molar-refractivity contribution >= 4 is 5.91 Å². The minimum Gasteiger partial charge on any atom is -0.340 e. The van der Waals surface area contributed by atoms with E-state index in [4.69, 9.17) is 0 Å². The topological polar surface area (TPSA) is 75.9 Å². The zero-order chi connectivity index (χ0) is 11.3.